The van der Waals surface area contributed by atoms with Crippen molar-refractivity contribution in [3.8, 4) is 0 Å². The minimum absolute atomic E-state index is 0.101. The fraction of sp³-hybridized carbons (Fsp3) is 0.941. The van der Waals surface area contributed by atoms with E-state index in [2.05, 4.69) is 43.4 Å². The summed E-state index contributed by atoms with van der Waals surface area (Å²) in [6.07, 6.45) is 2.29. The topological polar surface area (TPSA) is 44.4 Å². The highest BCUT2D eigenvalue weighted by Crippen LogP contribution is 2.07. The number of rotatable bonds is 4. The monoisotopic (exact) mass is 301 g/mol. The van der Waals surface area contributed by atoms with Gasteiger partial charge in [0, 0.05) is 12.1 Å². The summed E-state index contributed by atoms with van der Waals surface area (Å²) in [6.45, 7) is 17.2. The number of nitrogens with one attached hydrogen (secondary N) is 2. The van der Waals surface area contributed by atoms with Crippen LogP contribution < -0.4 is 10.6 Å². The Hall–Kier alpha value is -0.610. The predicted octanol–water partition coefficient (Wildman–Crippen LogP) is 2.88. The number of hydrogen-bond acceptors (Lipinski definition) is 3. The van der Waals surface area contributed by atoms with E-state index in [1.165, 1.54) is 0 Å². The summed E-state index contributed by atoms with van der Waals surface area (Å²) in [5, 5.41) is 6.19. The van der Waals surface area contributed by atoms with Crippen molar-refractivity contribution in [3.63, 3.8) is 0 Å². The van der Waals surface area contributed by atoms with Crippen molar-refractivity contribution >= 4 is 5.91 Å². The van der Waals surface area contributed by atoms with Crippen LogP contribution in [0.2, 0.25) is 0 Å². The van der Waals surface area contributed by atoms with Crippen molar-refractivity contribution in [1.82, 2.24) is 15.5 Å². The van der Waals surface area contributed by atoms with Gasteiger partial charge in [0.25, 0.3) is 0 Å². The van der Waals surface area contributed by atoms with E-state index in [-0.39, 0.29) is 11.9 Å². The number of piperidine rings is 1. The lowest BCUT2D eigenvalue weighted by atomic mass is 10.1. The van der Waals surface area contributed by atoms with Crippen LogP contribution in [0.4, 0.5) is 0 Å². The Morgan fingerprint density at radius 2 is 1.52 bits per heavy atom. The molecular weight excluding hydrogens is 262 g/mol. The van der Waals surface area contributed by atoms with Gasteiger partial charge >= 0.3 is 0 Å². The lowest BCUT2D eigenvalue weighted by Crippen LogP contribution is -2.45. The lowest BCUT2D eigenvalue weighted by Gasteiger charge is -2.29. The summed E-state index contributed by atoms with van der Waals surface area (Å²) in [7, 11) is 2.14. The molecule has 0 bridgehead atoms. The van der Waals surface area contributed by atoms with Crippen molar-refractivity contribution in [2.24, 2.45) is 5.92 Å². The van der Waals surface area contributed by atoms with Gasteiger partial charge in [-0.1, -0.05) is 34.6 Å². The molecule has 1 aliphatic heterocycles. The van der Waals surface area contributed by atoms with Gasteiger partial charge in [-0.15, -0.1) is 0 Å². The Bertz CT molecular complexity index is 231. The van der Waals surface area contributed by atoms with E-state index >= 15 is 0 Å². The first-order valence-electron chi connectivity index (χ1n) is 8.52. The summed E-state index contributed by atoms with van der Waals surface area (Å²) in [5.74, 6) is 0.934. The SMILES string of the molecule is CC.CC(C)C.CC(C)NC(=O)CNC1CCN(C)CC1. The molecule has 1 heterocycles. The minimum Gasteiger partial charge on any atom is -0.353 e. The van der Waals surface area contributed by atoms with Gasteiger partial charge in [-0.05, 0) is 52.7 Å². The molecule has 1 saturated heterocycles. The van der Waals surface area contributed by atoms with E-state index in [1.54, 1.807) is 0 Å². The molecule has 1 rings (SSSR count). The van der Waals surface area contributed by atoms with Crippen molar-refractivity contribution in [2.45, 2.75) is 73.4 Å². The van der Waals surface area contributed by atoms with Crippen LogP contribution in [0.1, 0.15) is 61.3 Å². The second-order valence-corrected chi connectivity index (χ2v) is 6.41. The highest BCUT2D eigenvalue weighted by Gasteiger charge is 2.16. The molecule has 0 atom stereocenters. The standard InChI is InChI=1S/C11H23N3O.C4H10.C2H6/c1-9(2)13-11(15)8-12-10-4-6-14(3)7-5-10;1-4(2)3;1-2/h9-10,12H,4-8H2,1-3H3,(H,13,15);4H,1-3H3;1-2H3. The zero-order chi connectivity index (χ0) is 16.8. The van der Waals surface area contributed by atoms with Crippen LogP contribution in [-0.4, -0.2) is 49.6 Å². The van der Waals surface area contributed by atoms with Gasteiger partial charge in [0.15, 0.2) is 0 Å². The van der Waals surface area contributed by atoms with Crippen LogP contribution >= 0.6 is 0 Å². The number of amides is 1. The van der Waals surface area contributed by atoms with Crippen LogP contribution in [-0.2, 0) is 4.79 Å². The molecule has 0 aliphatic carbocycles. The van der Waals surface area contributed by atoms with Crippen LogP contribution in [0.15, 0.2) is 0 Å². The number of nitrogens with zero attached hydrogens (tertiary/aromatic N) is 1. The fourth-order valence-electron chi connectivity index (χ4n) is 1.82. The summed E-state index contributed by atoms with van der Waals surface area (Å²) in [6, 6.07) is 0.746. The Balaban J connectivity index is 0. The smallest absolute Gasteiger partial charge is 0.234 e. The number of carbonyl (C=O) groups excluding carboxylic acids is 1. The predicted molar refractivity (Wildman–Crippen MR) is 93.7 cm³/mol. The second-order valence-electron chi connectivity index (χ2n) is 6.41. The Morgan fingerprint density at radius 3 is 1.90 bits per heavy atom. The van der Waals surface area contributed by atoms with E-state index in [4.69, 9.17) is 0 Å². The van der Waals surface area contributed by atoms with E-state index in [0.29, 0.717) is 12.6 Å². The largest absolute Gasteiger partial charge is 0.353 e. The van der Waals surface area contributed by atoms with Gasteiger partial charge in [-0.25, -0.2) is 0 Å². The maximum Gasteiger partial charge on any atom is 0.234 e. The third kappa shape index (κ3) is 17.3. The molecule has 0 aromatic heterocycles. The Labute approximate surface area is 133 Å². The molecule has 0 saturated carbocycles. The van der Waals surface area contributed by atoms with E-state index < -0.39 is 0 Å². The van der Waals surface area contributed by atoms with Crippen molar-refractivity contribution in [2.75, 3.05) is 26.7 Å². The quantitative estimate of drug-likeness (QED) is 0.839. The molecule has 1 fully saturated rings. The number of hydrogen-bond donors (Lipinski definition) is 2. The average molecular weight is 302 g/mol. The van der Waals surface area contributed by atoms with Gasteiger partial charge in [0.2, 0.25) is 5.91 Å². The molecule has 21 heavy (non-hydrogen) atoms. The minimum atomic E-state index is 0.101. The molecule has 4 heteroatoms. The van der Waals surface area contributed by atoms with Gasteiger partial charge in [0.1, 0.15) is 0 Å². The lowest BCUT2D eigenvalue weighted by molar-refractivity contribution is -0.120. The van der Waals surface area contributed by atoms with Crippen LogP contribution in [0.25, 0.3) is 0 Å². The molecule has 0 unspecified atom stereocenters. The van der Waals surface area contributed by atoms with E-state index in [9.17, 15) is 4.79 Å². The third-order valence-electron chi connectivity index (χ3n) is 2.72. The molecule has 2 N–H and O–H groups in total. The van der Waals surface area contributed by atoms with Gasteiger partial charge in [-0.3, -0.25) is 4.79 Å². The Kier molecular flexibility index (Phi) is 15.5. The third-order valence-corrected chi connectivity index (χ3v) is 2.72. The fourth-order valence-corrected chi connectivity index (χ4v) is 1.82. The van der Waals surface area contributed by atoms with Gasteiger partial charge < -0.3 is 15.5 Å². The summed E-state index contributed by atoms with van der Waals surface area (Å²) < 4.78 is 0. The summed E-state index contributed by atoms with van der Waals surface area (Å²) in [4.78, 5) is 13.7. The molecule has 1 aliphatic rings. The van der Waals surface area contributed by atoms with Gasteiger partial charge in [0.05, 0.1) is 6.54 Å². The molecule has 0 aromatic rings. The summed E-state index contributed by atoms with van der Waals surface area (Å²) in [5.41, 5.74) is 0. The first kappa shape index (κ1) is 22.7. The number of likely N-dealkylation sites (tertiary alicyclic amines) is 1. The number of carbonyl (C=O) groups is 1. The van der Waals surface area contributed by atoms with Crippen LogP contribution in [0, 0.1) is 5.92 Å². The molecule has 128 valence electrons. The van der Waals surface area contributed by atoms with Crippen LogP contribution in [0.3, 0.4) is 0 Å². The van der Waals surface area contributed by atoms with Crippen molar-refractivity contribution in [3.05, 3.63) is 0 Å². The van der Waals surface area contributed by atoms with Crippen molar-refractivity contribution < 1.29 is 4.79 Å². The first-order valence-corrected chi connectivity index (χ1v) is 8.52. The molecule has 0 radical (unpaired) electrons. The summed E-state index contributed by atoms with van der Waals surface area (Å²) >= 11 is 0. The normalized spacial score (nSPS) is 15.9. The molecule has 0 aromatic carbocycles. The maximum absolute atomic E-state index is 11.4. The van der Waals surface area contributed by atoms with E-state index in [1.807, 2.05) is 27.7 Å². The molecule has 4 nitrogen and oxygen atoms in total. The maximum atomic E-state index is 11.4. The van der Waals surface area contributed by atoms with Crippen LogP contribution in [0.5, 0.6) is 0 Å². The second kappa shape index (κ2) is 14.3. The highest BCUT2D eigenvalue weighted by atomic mass is 16.1. The highest BCUT2D eigenvalue weighted by molar-refractivity contribution is 5.78. The molecule has 1 amide bonds. The molecular formula is C17H39N3O. The van der Waals surface area contributed by atoms with Gasteiger partial charge in [-0.2, -0.15) is 0 Å². The zero-order valence-corrected chi connectivity index (χ0v) is 15.6. The first-order chi connectivity index (χ1) is 9.81. The molecule has 0 spiro atoms. The average Bonchev–Trinajstić information content (AvgIpc) is 2.39. The van der Waals surface area contributed by atoms with E-state index in [0.717, 1.165) is 31.8 Å². The van der Waals surface area contributed by atoms with Crippen molar-refractivity contribution in [1.29, 1.82) is 0 Å². The Morgan fingerprint density at radius 1 is 1.10 bits per heavy atom. The zero-order valence-electron chi connectivity index (χ0n) is 15.6.